The number of rotatable bonds is 10. The summed E-state index contributed by atoms with van der Waals surface area (Å²) in [6.07, 6.45) is 0. The molecule has 6 rings (SSSR count). The molecule has 17 nitrogen and oxygen atoms in total. The van der Waals surface area contributed by atoms with Crippen molar-refractivity contribution < 1.29 is 51.9 Å². The first-order chi connectivity index (χ1) is 24.8. The normalized spacial score (nSPS) is 13.0. The molecule has 6 aromatic carbocycles. The van der Waals surface area contributed by atoms with E-state index in [1.165, 1.54) is 42.5 Å². The monoisotopic (exact) mass is 797 g/mol. The third-order valence-corrected chi connectivity index (χ3v) is 11.1. The van der Waals surface area contributed by atoms with E-state index in [2.05, 4.69) is 25.8 Å². The van der Waals surface area contributed by atoms with Crippen LogP contribution in [0.5, 0.6) is 0 Å². The van der Waals surface area contributed by atoms with Crippen LogP contribution in [0.3, 0.4) is 0 Å². The maximum absolute atomic E-state index is 12.4. The van der Waals surface area contributed by atoms with Crippen molar-refractivity contribution in [1.82, 2.24) is 0 Å². The standard InChI is InChI=1S/C32H23N5O12S4/c38-50(39,40)20-9-11-22-24(17-20)27(13-12-25(22)34-37-29-18-21(51(41,42)43)10-16-30(29)52(44,45)46)36-35-26-14-15-28(33-19-5-2-1-3-6-19)32-23(26)7-4-8-31(32)53(47,48)49/h1-18,33H,(H,38,39,40)(H,41,42,43)(H,44,45,46)(H,47,48,49). The molecule has 0 fully saturated rings. The fraction of sp³-hybridized carbons (Fsp3) is 0. The smallest absolute Gasteiger partial charge is 0.296 e. The van der Waals surface area contributed by atoms with Gasteiger partial charge in [0.25, 0.3) is 40.5 Å². The van der Waals surface area contributed by atoms with Gasteiger partial charge in [0.05, 0.1) is 26.9 Å². The van der Waals surface area contributed by atoms with Crippen LogP contribution in [0, 0.1) is 0 Å². The molecule has 21 heteroatoms. The highest BCUT2D eigenvalue weighted by Gasteiger charge is 2.21. The molecule has 53 heavy (non-hydrogen) atoms. The number of fused-ring (bicyclic) bond motifs is 2. The van der Waals surface area contributed by atoms with Gasteiger partial charge in [0.2, 0.25) is 0 Å². The molecule has 5 N–H and O–H groups in total. The lowest BCUT2D eigenvalue weighted by Crippen LogP contribution is -2.02. The number of anilines is 2. The summed E-state index contributed by atoms with van der Waals surface area (Å²) in [5, 5.41) is 19.9. The lowest BCUT2D eigenvalue weighted by Gasteiger charge is -2.14. The fourth-order valence-corrected chi connectivity index (χ4v) is 7.58. The first kappa shape index (κ1) is 37.2. The Bertz CT molecular complexity index is 2980. The average molecular weight is 798 g/mol. The van der Waals surface area contributed by atoms with Gasteiger partial charge < -0.3 is 5.32 Å². The van der Waals surface area contributed by atoms with Crippen LogP contribution < -0.4 is 5.32 Å². The Morgan fingerprint density at radius 1 is 0.415 bits per heavy atom. The Labute approximate surface area is 301 Å². The van der Waals surface area contributed by atoms with Crippen LogP contribution >= 0.6 is 0 Å². The first-order valence-electron chi connectivity index (χ1n) is 14.6. The van der Waals surface area contributed by atoms with Crippen molar-refractivity contribution in [1.29, 1.82) is 0 Å². The molecule has 272 valence electrons. The zero-order chi connectivity index (χ0) is 38.3. The molecule has 0 bridgehead atoms. The maximum atomic E-state index is 12.4. The summed E-state index contributed by atoms with van der Waals surface area (Å²) < 4.78 is 135. The summed E-state index contributed by atoms with van der Waals surface area (Å²) in [7, 11) is -19.3. The van der Waals surface area contributed by atoms with Crippen molar-refractivity contribution in [2.45, 2.75) is 19.6 Å². The van der Waals surface area contributed by atoms with Gasteiger partial charge in [-0.3, -0.25) is 18.2 Å². The Hall–Kier alpha value is -5.52. The van der Waals surface area contributed by atoms with E-state index in [1.807, 2.05) is 0 Å². The van der Waals surface area contributed by atoms with Gasteiger partial charge in [0, 0.05) is 32.9 Å². The minimum atomic E-state index is -4.95. The molecule has 0 heterocycles. The van der Waals surface area contributed by atoms with E-state index < -0.39 is 65.7 Å². The second kappa shape index (κ2) is 13.8. The number of hydrogen-bond acceptors (Lipinski definition) is 13. The van der Waals surface area contributed by atoms with Gasteiger partial charge in [-0.2, -0.15) is 33.7 Å². The molecule has 0 atom stereocenters. The molecule has 0 aliphatic rings. The summed E-state index contributed by atoms with van der Waals surface area (Å²) in [4.78, 5) is -2.56. The van der Waals surface area contributed by atoms with Crippen LogP contribution in [0.1, 0.15) is 0 Å². The zero-order valence-corrected chi connectivity index (χ0v) is 29.6. The minimum absolute atomic E-state index is 0.00187. The van der Waals surface area contributed by atoms with E-state index in [0.29, 0.717) is 23.5 Å². The third kappa shape index (κ3) is 8.11. The molecule has 6 aromatic rings. The topological polar surface area (TPSA) is 279 Å². The van der Waals surface area contributed by atoms with Crippen LogP contribution in [0.15, 0.2) is 149 Å². The molecular formula is C32H23N5O12S4. The van der Waals surface area contributed by atoms with Gasteiger partial charge >= 0.3 is 0 Å². The van der Waals surface area contributed by atoms with Crippen molar-refractivity contribution in [3.8, 4) is 0 Å². The summed E-state index contributed by atoms with van der Waals surface area (Å²) in [6.45, 7) is 0. The van der Waals surface area contributed by atoms with Gasteiger partial charge in [-0.05, 0) is 72.8 Å². The van der Waals surface area contributed by atoms with Crippen molar-refractivity contribution >= 4 is 96.1 Å². The van der Waals surface area contributed by atoms with Gasteiger partial charge in [-0.25, -0.2) is 0 Å². The molecule has 0 aliphatic carbocycles. The van der Waals surface area contributed by atoms with E-state index in [9.17, 15) is 51.9 Å². The summed E-state index contributed by atoms with van der Waals surface area (Å²) in [5.74, 6) is 0. The zero-order valence-electron chi connectivity index (χ0n) is 26.4. The Balaban J connectivity index is 1.50. The summed E-state index contributed by atoms with van der Waals surface area (Å²) >= 11 is 0. The van der Waals surface area contributed by atoms with Crippen LogP contribution in [0.25, 0.3) is 21.5 Å². The van der Waals surface area contributed by atoms with Crippen molar-refractivity contribution in [2.24, 2.45) is 20.5 Å². The number of azo groups is 2. The van der Waals surface area contributed by atoms with Crippen molar-refractivity contribution in [3.05, 3.63) is 109 Å². The Morgan fingerprint density at radius 2 is 0.943 bits per heavy atom. The molecule has 0 radical (unpaired) electrons. The predicted octanol–water partition coefficient (Wildman–Crippen LogP) is 7.55. The van der Waals surface area contributed by atoms with Gasteiger partial charge in [-0.15, -0.1) is 20.5 Å². The van der Waals surface area contributed by atoms with Gasteiger partial charge in [0.15, 0.2) is 0 Å². The molecule has 0 saturated heterocycles. The SMILES string of the molecule is O=S(=O)(O)c1ccc(S(=O)(=O)O)c(N=Nc2ccc(N=Nc3ccc(Nc4ccccc4)c4c(S(=O)(=O)O)cccc34)c3cc(S(=O)(=O)O)ccc23)c1. The third-order valence-electron chi connectivity index (χ3n) is 7.59. The van der Waals surface area contributed by atoms with E-state index in [-0.39, 0.29) is 38.6 Å². The fourth-order valence-electron chi connectivity index (χ4n) is 5.24. The van der Waals surface area contributed by atoms with Crippen molar-refractivity contribution in [3.63, 3.8) is 0 Å². The highest BCUT2D eigenvalue weighted by Crippen LogP contribution is 2.41. The largest absolute Gasteiger partial charge is 0.355 e. The number of nitrogens with zero attached hydrogens (tertiary/aromatic N) is 4. The highest BCUT2D eigenvalue weighted by atomic mass is 32.2. The quantitative estimate of drug-likeness (QED) is 0.0662. The second-order valence-corrected chi connectivity index (χ2v) is 16.7. The van der Waals surface area contributed by atoms with Crippen molar-refractivity contribution in [2.75, 3.05) is 5.32 Å². The molecule has 0 unspecified atom stereocenters. The summed E-state index contributed by atoms with van der Waals surface area (Å²) in [5.41, 5.74) is 0.336. The maximum Gasteiger partial charge on any atom is 0.296 e. The summed E-state index contributed by atoms with van der Waals surface area (Å²) in [6, 6.07) is 24.0. The van der Waals surface area contributed by atoms with E-state index >= 15 is 0 Å². The minimum Gasteiger partial charge on any atom is -0.355 e. The number of benzene rings is 6. The van der Waals surface area contributed by atoms with Crippen LogP contribution in [-0.2, 0) is 40.5 Å². The predicted molar refractivity (Wildman–Crippen MR) is 192 cm³/mol. The number of hydrogen-bond donors (Lipinski definition) is 5. The number of para-hydroxylation sites is 1. The van der Waals surface area contributed by atoms with Crippen LogP contribution in [0.2, 0.25) is 0 Å². The van der Waals surface area contributed by atoms with E-state index in [0.717, 1.165) is 18.2 Å². The van der Waals surface area contributed by atoms with Crippen LogP contribution in [0.4, 0.5) is 34.1 Å². The van der Waals surface area contributed by atoms with Gasteiger partial charge in [0.1, 0.15) is 15.5 Å². The van der Waals surface area contributed by atoms with Crippen LogP contribution in [-0.4, -0.2) is 51.9 Å². The molecule has 0 spiro atoms. The number of nitrogens with one attached hydrogen (secondary N) is 1. The van der Waals surface area contributed by atoms with Gasteiger partial charge in [-0.1, -0.05) is 36.4 Å². The second-order valence-electron chi connectivity index (χ2n) is 11.0. The Morgan fingerprint density at radius 3 is 1.55 bits per heavy atom. The molecule has 0 amide bonds. The van der Waals surface area contributed by atoms with E-state index in [1.54, 1.807) is 36.4 Å². The average Bonchev–Trinajstić information content (AvgIpc) is 3.08. The molecule has 0 saturated carbocycles. The highest BCUT2D eigenvalue weighted by molar-refractivity contribution is 7.86. The van der Waals surface area contributed by atoms with E-state index in [4.69, 9.17) is 0 Å². The molecule has 0 aromatic heterocycles. The lowest BCUT2D eigenvalue weighted by molar-refractivity contribution is 0.478. The first-order valence-corrected chi connectivity index (χ1v) is 20.4. The molecular weight excluding hydrogens is 775 g/mol. The lowest BCUT2D eigenvalue weighted by atomic mass is 10.1. The molecule has 0 aliphatic heterocycles. The Kier molecular flexibility index (Phi) is 9.69.